The summed E-state index contributed by atoms with van der Waals surface area (Å²) in [7, 11) is 1.62. The number of nitrogens with zero attached hydrogens (tertiary/aromatic N) is 1. The van der Waals surface area contributed by atoms with E-state index in [1.165, 1.54) is 5.56 Å². The summed E-state index contributed by atoms with van der Waals surface area (Å²) < 4.78 is 5.00. The number of hydrogen-bond donors (Lipinski definition) is 1. The number of carbonyl (C=O) groups is 1. The van der Waals surface area contributed by atoms with Crippen LogP contribution in [-0.2, 0) is 16.1 Å². The van der Waals surface area contributed by atoms with Gasteiger partial charge in [-0.3, -0.25) is 4.79 Å². The van der Waals surface area contributed by atoms with Crippen LogP contribution in [0.25, 0.3) is 0 Å². The molecule has 0 spiro atoms. The number of hydrogen-bond acceptors (Lipinski definition) is 3. The normalized spacial score (nSPS) is 10.3. The van der Waals surface area contributed by atoms with E-state index < -0.39 is 0 Å². The van der Waals surface area contributed by atoms with Crippen molar-refractivity contribution in [3.63, 3.8) is 0 Å². The molecule has 4 heteroatoms. The van der Waals surface area contributed by atoms with Crippen LogP contribution in [-0.4, -0.2) is 37.6 Å². The number of benzene rings is 1. The topological polar surface area (TPSA) is 55.6 Å². The minimum Gasteiger partial charge on any atom is -0.383 e. The molecule has 0 fully saturated rings. The molecule has 1 rings (SSSR count). The number of aryl methyl sites for hydroxylation is 1. The molecule has 1 aromatic carbocycles. The molecule has 0 unspecified atom stereocenters. The molecule has 94 valence electrons. The van der Waals surface area contributed by atoms with E-state index in [2.05, 4.69) is 0 Å². The van der Waals surface area contributed by atoms with Crippen molar-refractivity contribution in [3.05, 3.63) is 35.4 Å². The summed E-state index contributed by atoms with van der Waals surface area (Å²) in [6.45, 7) is 3.76. The maximum absolute atomic E-state index is 11.7. The van der Waals surface area contributed by atoms with Gasteiger partial charge in [-0.15, -0.1) is 0 Å². The molecular weight excluding hydrogens is 216 g/mol. The summed E-state index contributed by atoms with van der Waals surface area (Å²) in [5, 5.41) is 0. The highest BCUT2D eigenvalue weighted by Gasteiger charge is 2.12. The van der Waals surface area contributed by atoms with Crippen molar-refractivity contribution in [1.82, 2.24) is 4.90 Å². The van der Waals surface area contributed by atoms with Gasteiger partial charge in [-0.25, -0.2) is 0 Å². The SMILES string of the molecule is COCCN(Cc1ccccc1C)C(=O)CN. The predicted octanol–water partition coefficient (Wildman–Crippen LogP) is 0.929. The van der Waals surface area contributed by atoms with Gasteiger partial charge < -0.3 is 15.4 Å². The molecule has 1 aromatic rings. The molecule has 0 aliphatic heterocycles. The summed E-state index contributed by atoms with van der Waals surface area (Å²) in [6.07, 6.45) is 0. The van der Waals surface area contributed by atoms with Crippen molar-refractivity contribution >= 4 is 5.91 Å². The second kappa shape index (κ2) is 7.04. The first-order valence-electron chi connectivity index (χ1n) is 5.70. The molecule has 0 aliphatic carbocycles. The molecule has 0 radical (unpaired) electrons. The Morgan fingerprint density at radius 2 is 2.12 bits per heavy atom. The van der Waals surface area contributed by atoms with E-state index in [1.54, 1.807) is 12.0 Å². The van der Waals surface area contributed by atoms with E-state index in [9.17, 15) is 4.79 Å². The van der Waals surface area contributed by atoms with Gasteiger partial charge in [0.05, 0.1) is 13.2 Å². The number of nitrogens with two attached hydrogens (primary N) is 1. The molecule has 0 aliphatic rings. The highest BCUT2D eigenvalue weighted by atomic mass is 16.5. The summed E-state index contributed by atoms with van der Waals surface area (Å²) >= 11 is 0. The van der Waals surface area contributed by atoms with Crippen LogP contribution >= 0.6 is 0 Å². The molecule has 0 saturated carbocycles. The lowest BCUT2D eigenvalue weighted by molar-refractivity contribution is -0.130. The third kappa shape index (κ3) is 4.17. The van der Waals surface area contributed by atoms with Crippen LogP contribution in [0.1, 0.15) is 11.1 Å². The molecule has 0 bridgehead atoms. The van der Waals surface area contributed by atoms with Crippen molar-refractivity contribution in [2.45, 2.75) is 13.5 Å². The maximum atomic E-state index is 11.7. The Balaban J connectivity index is 2.72. The fourth-order valence-corrected chi connectivity index (χ4v) is 1.62. The highest BCUT2D eigenvalue weighted by molar-refractivity contribution is 5.78. The third-order valence-corrected chi connectivity index (χ3v) is 2.72. The zero-order valence-electron chi connectivity index (χ0n) is 10.5. The lowest BCUT2D eigenvalue weighted by atomic mass is 10.1. The van der Waals surface area contributed by atoms with E-state index in [0.29, 0.717) is 19.7 Å². The van der Waals surface area contributed by atoms with Gasteiger partial charge >= 0.3 is 0 Å². The Bertz CT molecular complexity index is 366. The van der Waals surface area contributed by atoms with Crippen LogP contribution in [0, 0.1) is 6.92 Å². The van der Waals surface area contributed by atoms with Gasteiger partial charge in [0.2, 0.25) is 5.91 Å². The fourth-order valence-electron chi connectivity index (χ4n) is 1.62. The fraction of sp³-hybridized carbons (Fsp3) is 0.462. The van der Waals surface area contributed by atoms with Crippen LogP contribution in [0.4, 0.5) is 0 Å². The molecule has 17 heavy (non-hydrogen) atoms. The van der Waals surface area contributed by atoms with E-state index in [1.807, 2.05) is 31.2 Å². The number of rotatable bonds is 6. The lowest BCUT2D eigenvalue weighted by Crippen LogP contribution is -2.37. The average Bonchev–Trinajstić information content (AvgIpc) is 2.35. The van der Waals surface area contributed by atoms with Crippen LogP contribution in [0.2, 0.25) is 0 Å². The van der Waals surface area contributed by atoms with Crippen LogP contribution in [0.3, 0.4) is 0 Å². The van der Waals surface area contributed by atoms with Crippen molar-refractivity contribution < 1.29 is 9.53 Å². The van der Waals surface area contributed by atoms with Crippen molar-refractivity contribution in [3.8, 4) is 0 Å². The first-order valence-corrected chi connectivity index (χ1v) is 5.70. The van der Waals surface area contributed by atoms with Gasteiger partial charge in [0.15, 0.2) is 0 Å². The Kier molecular flexibility index (Phi) is 5.66. The molecule has 4 nitrogen and oxygen atoms in total. The van der Waals surface area contributed by atoms with Crippen molar-refractivity contribution in [1.29, 1.82) is 0 Å². The van der Waals surface area contributed by atoms with Gasteiger partial charge in [-0.05, 0) is 18.1 Å². The molecule has 0 atom stereocenters. The number of ether oxygens (including phenoxy) is 1. The summed E-state index contributed by atoms with van der Waals surface area (Å²) in [4.78, 5) is 13.4. The molecular formula is C13H20N2O2. The highest BCUT2D eigenvalue weighted by Crippen LogP contribution is 2.10. The predicted molar refractivity (Wildman–Crippen MR) is 67.5 cm³/mol. The molecule has 0 aromatic heterocycles. The molecule has 0 heterocycles. The largest absolute Gasteiger partial charge is 0.383 e. The van der Waals surface area contributed by atoms with Crippen LogP contribution in [0.5, 0.6) is 0 Å². The second-order valence-electron chi connectivity index (χ2n) is 3.94. The summed E-state index contributed by atoms with van der Waals surface area (Å²) in [5.74, 6) is -0.0506. The molecule has 0 saturated heterocycles. The minimum absolute atomic E-state index is 0.0373. The van der Waals surface area contributed by atoms with Gasteiger partial charge in [-0.2, -0.15) is 0 Å². The van der Waals surface area contributed by atoms with Gasteiger partial charge in [0.1, 0.15) is 0 Å². The van der Waals surface area contributed by atoms with Gasteiger partial charge in [0, 0.05) is 20.2 Å². The zero-order valence-corrected chi connectivity index (χ0v) is 10.5. The van der Waals surface area contributed by atoms with Crippen molar-refractivity contribution in [2.75, 3.05) is 26.8 Å². The molecule has 2 N–H and O–H groups in total. The van der Waals surface area contributed by atoms with E-state index in [-0.39, 0.29) is 12.5 Å². The second-order valence-corrected chi connectivity index (χ2v) is 3.94. The quantitative estimate of drug-likeness (QED) is 0.799. The Morgan fingerprint density at radius 1 is 1.41 bits per heavy atom. The minimum atomic E-state index is -0.0506. The monoisotopic (exact) mass is 236 g/mol. The maximum Gasteiger partial charge on any atom is 0.236 e. The van der Waals surface area contributed by atoms with E-state index in [0.717, 1.165) is 5.56 Å². The van der Waals surface area contributed by atoms with Gasteiger partial charge in [0.25, 0.3) is 0 Å². The smallest absolute Gasteiger partial charge is 0.236 e. The average molecular weight is 236 g/mol. The number of carbonyl (C=O) groups excluding carboxylic acids is 1. The molecule has 1 amide bonds. The summed E-state index contributed by atoms with van der Waals surface area (Å²) in [6, 6.07) is 8.03. The Labute approximate surface area is 102 Å². The van der Waals surface area contributed by atoms with Gasteiger partial charge in [-0.1, -0.05) is 24.3 Å². The lowest BCUT2D eigenvalue weighted by Gasteiger charge is -2.22. The summed E-state index contributed by atoms with van der Waals surface area (Å²) in [5.41, 5.74) is 7.73. The van der Waals surface area contributed by atoms with Crippen LogP contribution < -0.4 is 5.73 Å². The number of methoxy groups -OCH3 is 1. The Morgan fingerprint density at radius 3 is 2.71 bits per heavy atom. The number of amides is 1. The van der Waals surface area contributed by atoms with E-state index >= 15 is 0 Å². The van der Waals surface area contributed by atoms with Crippen molar-refractivity contribution in [2.24, 2.45) is 5.73 Å². The first kappa shape index (κ1) is 13.7. The third-order valence-electron chi connectivity index (χ3n) is 2.72. The Hall–Kier alpha value is -1.39. The zero-order chi connectivity index (χ0) is 12.7. The standard InChI is InChI=1S/C13H20N2O2/c1-11-5-3-4-6-12(11)10-15(7-8-17-2)13(16)9-14/h3-6H,7-10,14H2,1-2H3. The van der Waals surface area contributed by atoms with E-state index in [4.69, 9.17) is 10.5 Å². The van der Waals surface area contributed by atoms with Crippen LogP contribution in [0.15, 0.2) is 24.3 Å². The first-order chi connectivity index (χ1) is 8.19.